The lowest BCUT2D eigenvalue weighted by Gasteiger charge is -2.13. The molecule has 0 atom stereocenters. The smallest absolute Gasteiger partial charge is 0.129 e. The van der Waals surface area contributed by atoms with Crippen LogP contribution < -0.4 is 4.74 Å². The van der Waals surface area contributed by atoms with Crippen molar-refractivity contribution in [2.24, 2.45) is 4.99 Å². The van der Waals surface area contributed by atoms with Crippen LogP contribution in [0.25, 0.3) is 21.5 Å². The molecule has 0 bridgehead atoms. The average molecular weight is 416 g/mol. The summed E-state index contributed by atoms with van der Waals surface area (Å²) >= 11 is 0. The summed E-state index contributed by atoms with van der Waals surface area (Å²) in [7, 11) is 0. The highest BCUT2D eigenvalue weighted by Gasteiger charge is 2.09. The van der Waals surface area contributed by atoms with Crippen molar-refractivity contribution < 1.29 is 4.74 Å². The van der Waals surface area contributed by atoms with E-state index >= 15 is 0 Å². The Bertz CT molecular complexity index is 1440. The van der Waals surface area contributed by atoms with Crippen LogP contribution in [0, 0.1) is 13.8 Å². The number of hydrogen-bond acceptors (Lipinski definition) is 2. The van der Waals surface area contributed by atoms with E-state index < -0.39 is 0 Å². The van der Waals surface area contributed by atoms with Gasteiger partial charge in [0.25, 0.3) is 0 Å². The summed E-state index contributed by atoms with van der Waals surface area (Å²) in [5.74, 6) is 0.838. The highest BCUT2D eigenvalue weighted by molar-refractivity contribution is 6.03. The van der Waals surface area contributed by atoms with Crippen LogP contribution in [0.15, 0.2) is 102 Å². The molecule has 0 aromatic heterocycles. The van der Waals surface area contributed by atoms with Crippen LogP contribution in [0.2, 0.25) is 0 Å². The number of rotatable bonds is 5. The molecule has 0 heterocycles. The van der Waals surface area contributed by atoms with Crippen molar-refractivity contribution in [3.8, 4) is 5.75 Å². The SMILES string of the molecule is Cc1ccc(N=Cc2c(OCc3cccc4ccccc34)ccc3ccccc23)c(C)c1. The first-order valence-corrected chi connectivity index (χ1v) is 10.9. The summed E-state index contributed by atoms with van der Waals surface area (Å²) in [5.41, 5.74) is 5.56. The van der Waals surface area contributed by atoms with E-state index in [9.17, 15) is 0 Å². The first-order valence-electron chi connectivity index (χ1n) is 10.9. The van der Waals surface area contributed by atoms with E-state index in [1.165, 1.54) is 32.8 Å². The molecule has 0 unspecified atom stereocenters. The molecule has 0 saturated carbocycles. The maximum Gasteiger partial charge on any atom is 0.129 e. The second-order valence-electron chi connectivity index (χ2n) is 8.17. The molecule has 32 heavy (non-hydrogen) atoms. The van der Waals surface area contributed by atoms with Crippen LogP contribution in [0.5, 0.6) is 5.75 Å². The highest BCUT2D eigenvalue weighted by Crippen LogP contribution is 2.29. The highest BCUT2D eigenvalue weighted by atomic mass is 16.5. The van der Waals surface area contributed by atoms with Crippen LogP contribution in [0.1, 0.15) is 22.3 Å². The number of ether oxygens (including phenoxy) is 1. The lowest BCUT2D eigenvalue weighted by molar-refractivity contribution is 0.307. The maximum absolute atomic E-state index is 6.39. The predicted molar refractivity (Wildman–Crippen MR) is 135 cm³/mol. The third kappa shape index (κ3) is 4.00. The van der Waals surface area contributed by atoms with E-state index in [1.54, 1.807) is 0 Å². The van der Waals surface area contributed by atoms with E-state index in [0.717, 1.165) is 22.4 Å². The minimum atomic E-state index is 0.504. The molecule has 0 amide bonds. The molecule has 0 saturated heterocycles. The fraction of sp³-hybridized carbons (Fsp3) is 0.100. The van der Waals surface area contributed by atoms with Gasteiger partial charge in [0.05, 0.1) is 5.69 Å². The topological polar surface area (TPSA) is 21.6 Å². The van der Waals surface area contributed by atoms with Crippen molar-refractivity contribution in [2.45, 2.75) is 20.5 Å². The molecule has 0 aliphatic carbocycles. The number of aryl methyl sites for hydroxylation is 2. The Labute approximate surface area is 188 Å². The van der Waals surface area contributed by atoms with Gasteiger partial charge in [-0.05, 0) is 58.7 Å². The van der Waals surface area contributed by atoms with E-state index in [0.29, 0.717) is 6.61 Å². The van der Waals surface area contributed by atoms with Gasteiger partial charge < -0.3 is 4.74 Å². The standard InChI is InChI=1S/C30H25NO/c1-21-14-16-29(22(2)18-21)31-19-28-27-13-6-4-9-24(27)15-17-30(28)32-20-25-11-7-10-23-8-3-5-12-26(23)25/h3-19H,20H2,1-2H3. The van der Waals surface area contributed by atoms with E-state index in [1.807, 2.05) is 6.21 Å². The molecule has 5 aromatic rings. The molecule has 5 aromatic carbocycles. The van der Waals surface area contributed by atoms with Crippen molar-refractivity contribution in [3.63, 3.8) is 0 Å². The minimum absolute atomic E-state index is 0.504. The fourth-order valence-corrected chi connectivity index (χ4v) is 4.19. The molecule has 0 N–H and O–H groups in total. The lowest BCUT2D eigenvalue weighted by Crippen LogP contribution is -2.00. The molecule has 2 heteroatoms. The quantitative estimate of drug-likeness (QED) is 0.267. The van der Waals surface area contributed by atoms with Gasteiger partial charge in [-0.25, -0.2) is 0 Å². The number of nitrogens with zero attached hydrogens (tertiary/aromatic N) is 1. The molecule has 0 spiro atoms. The van der Waals surface area contributed by atoms with Crippen molar-refractivity contribution in [3.05, 3.63) is 119 Å². The molecule has 0 aliphatic heterocycles. The Kier molecular flexibility index (Phi) is 5.43. The Morgan fingerprint density at radius 1 is 0.719 bits per heavy atom. The number of hydrogen-bond donors (Lipinski definition) is 0. The van der Waals surface area contributed by atoms with E-state index in [4.69, 9.17) is 9.73 Å². The zero-order valence-electron chi connectivity index (χ0n) is 18.4. The molecular formula is C30H25NO. The van der Waals surface area contributed by atoms with Crippen molar-refractivity contribution in [2.75, 3.05) is 0 Å². The predicted octanol–water partition coefficient (Wildman–Crippen LogP) is 7.94. The van der Waals surface area contributed by atoms with Crippen LogP contribution in [0.4, 0.5) is 5.69 Å². The summed E-state index contributed by atoms with van der Waals surface area (Å²) in [6, 6.07) is 33.6. The lowest BCUT2D eigenvalue weighted by atomic mass is 10.0. The Hall–Kier alpha value is -3.91. The minimum Gasteiger partial charge on any atom is -0.488 e. The summed E-state index contributed by atoms with van der Waals surface area (Å²) in [6.07, 6.45) is 1.94. The number of benzene rings is 5. The van der Waals surface area contributed by atoms with Crippen LogP contribution >= 0.6 is 0 Å². The zero-order chi connectivity index (χ0) is 21.9. The van der Waals surface area contributed by atoms with Gasteiger partial charge in [0.2, 0.25) is 0 Å². The van der Waals surface area contributed by atoms with Crippen LogP contribution in [-0.4, -0.2) is 6.21 Å². The monoisotopic (exact) mass is 415 g/mol. The third-order valence-corrected chi connectivity index (χ3v) is 5.88. The van der Waals surface area contributed by atoms with Crippen LogP contribution in [-0.2, 0) is 6.61 Å². The summed E-state index contributed by atoms with van der Waals surface area (Å²) < 4.78 is 6.39. The number of aliphatic imine (C=N–C) groups is 1. The summed E-state index contributed by atoms with van der Waals surface area (Å²) in [5, 5.41) is 4.76. The molecule has 2 nitrogen and oxygen atoms in total. The molecule has 0 fully saturated rings. The summed E-state index contributed by atoms with van der Waals surface area (Å²) in [6.45, 7) is 4.70. The van der Waals surface area contributed by atoms with Gasteiger partial charge in [-0.15, -0.1) is 0 Å². The van der Waals surface area contributed by atoms with Gasteiger partial charge >= 0.3 is 0 Å². The molecule has 0 aliphatic rings. The van der Waals surface area contributed by atoms with Gasteiger partial charge in [0, 0.05) is 11.8 Å². The van der Waals surface area contributed by atoms with Gasteiger partial charge in [-0.2, -0.15) is 0 Å². The van der Waals surface area contributed by atoms with Crippen molar-refractivity contribution in [1.82, 2.24) is 0 Å². The second-order valence-corrected chi connectivity index (χ2v) is 8.17. The Morgan fingerprint density at radius 2 is 1.44 bits per heavy atom. The largest absolute Gasteiger partial charge is 0.488 e. The molecule has 5 rings (SSSR count). The fourth-order valence-electron chi connectivity index (χ4n) is 4.19. The van der Waals surface area contributed by atoms with Gasteiger partial charge in [-0.3, -0.25) is 4.99 Å². The van der Waals surface area contributed by atoms with E-state index in [2.05, 4.69) is 111 Å². The van der Waals surface area contributed by atoms with E-state index in [-0.39, 0.29) is 0 Å². The van der Waals surface area contributed by atoms with Crippen molar-refractivity contribution >= 4 is 33.4 Å². The average Bonchev–Trinajstić information content (AvgIpc) is 2.82. The second kappa shape index (κ2) is 8.68. The van der Waals surface area contributed by atoms with Gasteiger partial charge in [-0.1, -0.05) is 90.5 Å². The van der Waals surface area contributed by atoms with Gasteiger partial charge in [0.15, 0.2) is 0 Å². The molecule has 156 valence electrons. The maximum atomic E-state index is 6.39. The molecule has 0 radical (unpaired) electrons. The number of fused-ring (bicyclic) bond motifs is 2. The normalized spacial score (nSPS) is 11.4. The summed E-state index contributed by atoms with van der Waals surface area (Å²) in [4.78, 5) is 4.83. The molecular weight excluding hydrogens is 390 g/mol. The Balaban J connectivity index is 1.53. The van der Waals surface area contributed by atoms with Gasteiger partial charge in [0.1, 0.15) is 12.4 Å². The Morgan fingerprint density at radius 3 is 2.25 bits per heavy atom. The zero-order valence-corrected chi connectivity index (χ0v) is 18.4. The first-order chi connectivity index (χ1) is 15.7. The first kappa shape index (κ1) is 20.0. The van der Waals surface area contributed by atoms with Crippen molar-refractivity contribution in [1.29, 1.82) is 0 Å². The third-order valence-electron chi connectivity index (χ3n) is 5.88. The van der Waals surface area contributed by atoms with Crippen LogP contribution in [0.3, 0.4) is 0 Å².